The number of para-hydroxylation sites is 1. The highest BCUT2D eigenvalue weighted by molar-refractivity contribution is 5.98. The number of carbonyl (C=O) groups is 2. The maximum Gasteiger partial charge on any atom is 0.340 e. The van der Waals surface area contributed by atoms with Crippen LogP contribution in [0.4, 0.5) is 5.69 Å². The van der Waals surface area contributed by atoms with Gasteiger partial charge < -0.3 is 15.4 Å². The van der Waals surface area contributed by atoms with E-state index >= 15 is 0 Å². The van der Waals surface area contributed by atoms with Crippen molar-refractivity contribution < 1.29 is 14.3 Å². The topological polar surface area (TPSA) is 91.2 Å². The lowest BCUT2D eigenvalue weighted by Crippen LogP contribution is -2.24. The number of rotatable bonds is 7. The van der Waals surface area contributed by atoms with Gasteiger partial charge in [0.05, 0.1) is 17.9 Å². The Labute approximate surface area is 152 Å². The third kappa shape index (κ3) is 5.21. The van der Waals surface area contributed by atoms with E-state index in [0.717, 1.165) is 5.56 Å². The second kappa shape index (κ2) is 9.64. The molecule has 2 N–H and O–H groups in total. The summed E-state index contributed by atoms with van der Waals surface area (Å²) in [5.41, 5.74) is 1.61. The highest BCUT2D eigenvalue weighted by atomic mass is 16.5. The average molecular weight is 349 g/mol. The minimum absolute atomic E-state index is 0.0976. The van der Waals surface area contributed by atoms with Gasteiger partial charge in [0.1, 0.15) is 11.6 Å². The molecule has 0 spiro atoms. The van der Waals surface area contributed by atoms with E-state index in [1.807, 2.05) is 36.4 Å². The van der Waals surface area contributed by atoms with Gasteiger partial charge in [-0.3, -0.25) is 4.79 Å². The standard InChI is InChI=1S/C20H19N3O3/c1-2-26-20(25)17-10-6-7-11-18(17)22-14-16(12-21)19(24)23-13-15-8-4-3-5-9-15/h3-11,14,22H,2,13H2,1H3,(H,23,24)/b16-14+. The molecular weight excluding hydrogens is 330 g/mol. The Morgan fingerprint density at radius 1 is 1.12 bits per heavy atom. The summed E-state index contributed by atoms with van der Waals surface area (Å²) in [5.74, 6) is -0.978. The van der Waals surface area contributed by atoms with E-state index in [-0.39, 0.29) is 12.2 Å². The third-order valence-corrected chi connectivity index (χ3v) is 3.46. The normalized spacial score (nSPS) is 10.5. The summed E-state index contributed by atoms with van der Waals surface area (Å²) in [7, 11) is 0. The van der Waals surface area contributed by atoms with Gasteiger partial charge in [0.25, 0.3) is 5.91 Å². The fraction of sp³-hybridized carbons (Fsp3) is 0.150. The van der Waals surface area contributed by atoms with Crippen LogP contribution >= 0.6 is 0 Å². The van der Waals surface area contributed by atoms with Crippen LogP contribution in [0.3, 0.4) is 0 Å². The maximum absolute atomic E-state index is 12.2. The maximum atomic E-state index is 12.2. The molecule has 0 aliphatic carbocycles. The predicted molar refractivity (Wildman–Crippen MR) is 98.0 cm³/mol. The molecule has 0 radical (unpaired) electrons. The number of nitriles is 1. The highest BCUT2D eigenvalue weighted by Gasteiger charge is 2.12. The van der Waals surface area contributed by atoms with Gasteiger partial charge >= 0.3 is 5.97 Å². The molecule has 0 aliphatic heterocycles. The fourth-order valence-electron chi connectivity index (χ4n) is 2.17. The van der Waals surface area contributed by atoms with Gasteiger partial charge in [0.15, 0.2) is 0 Å². The van der Waals surface area contributed by atoms with Crippen molar-refractivity contribution in [2.24, 2.45) is 0 Å². The molecule has 0 unspecified atom stereocenters. The average Bonchev–Trinajstić information content (AvgIpc) is 2.68. The van der Waals surface area contributed by atoms with Crippen LogP contribution in [0.1, 0.15) is 22.8 Å². The number of amides is 1. The first-order chi connectivity index (χ1) is 12.7. The van der Waals surface area contributed by atoms with Crippen molar-refractivity contribution in [3.63, 3.8) is 0 Å². The van der Waals surface area contributed by atoms with Gasteiger partial charge in [-0.15, -0.1) is 0 Å². The van der Waals surface area contributed by atoms with Crippen molar-refractivity contribution in [1.82, 2.24) is 5.32 Å². The Hall–Kier alpha value is -3.59. The molecule has 0 aromatic heterocycles. The Kier molecular flexibility index (Phi) is 6.95. The molecule has 6 heteroatoms. The van der Waals surface area contributed by atoms with Crippen LogP contribution in [0.5, 0.6) is 0 Å². The largest absolute Gasteiger partial charge is 0.462 e. The molecule has 132 valence electrons. The molecule has 2 aromatic rings. The number of hydrogen-bond acceptors (Lipinski definition) is 5. The zero-order valence-corrected chi connectivity index (χ0v) is 14.4. The van der Waals surface area contributed by atoms with Crippen LogP contribution < -0.4 is 10.6 Å². The van der Waals surface area contributed by atoms with E-state index in [0.29, 0.717) is 17.8 Å². The lowest BCUT2D eigenvalue weighted by Gasteiger charge is -2.09. The molecule has 0 aliphatic rings. The lowest BCUT2D eigenvalue weighted by atomic mass is 10.1. The van der Waals surface area contributed by atoms with E-state index < -0.39 is 11.9 Å². The highest BCUT2D eigenvalue weighted by Crippen LogP contribution is 2.16. The third-order valence-electron chi connectivity index (χ3n) is 3.46. The van der Waals surface area contributed by atoms with E-state index in [2.05, 4.69) is 10.6 Å². The molecule has 1 amide bonds. The van der Waals surface area contributed by atoms with Gasteiger partial charge in [-0.25, -0.2) is 4.79 Å². The zero-order valence-electron chi connectivity index (χ0n) is 14.4. The minimum atomic E-state index is -0.502. The second-order valence-electron chi connectivity index (χ2n) is 5.25. The van der Waals surface area contributed by atoms with Gasteiger partial charge in [-0.2, -0.15) is 5.26 Å². The molecule has 0 bridgehead atoms. The number of nitrogens with one attached hydrogen (secondary N) is 2. The van der Waals surface area contributed by atoms with E-state index in [1.54, 1.807) is 31.2 Å². The van der Waals surface area contributed by atoms with Crippen molar-refractivity contribution >= 4 is 17.6 Å². The first-order valence-electron chi connectivity index (χ1n) is 8.10. The predicted octanol–water partition coefficient (Wildman–Crippen LogP) is 3.00. The van der Waals surface area contributed by atoms with Crippen LogP contribution in [0.15, 0.2) is 66.4 Å². The minimum Gasteiger partial charge on any atom is -0.462 e. The van der Waals surface area contributed by atoms with Crippen molar-refractivity contribution in [2.75, 3.05) is 11.9 Å². The fourth-order valence-corrected chi connectivity index (χ4v) is 2.17. The number of carbonyl (C=O) groups excluding carboxylic acids is 2. The summed E-state index contributed by atoms with van der Waals surface area (Å²) in [6, 6.07) is 18.0. The molecule has 0 saturated carbocycles. The van der Waals surface area contributed by atoms with Crippen molar-refractivity contribution in [3.05, 3.63) is 77.5 Å². The molecule has 0 fully saturated rings. The Morgan fingerprint density at radius 3 is 2.50 bits per heavy atom. The van der Waals surface area contributed by atoms with Crippen molar-refractivity contribution in [2.45, 2.75) is 13.5 Å². The molecule has 2 rings (SSSR count). The van der Waals surface area contributed by atoms with E-state index in [4.69, 9.17) is 4.74 Å². The molecule has 0 saturated heterocycles. The Morgan fingerprint density at radius 2 is 1.81 bits per heavy atom. The van der Waals surface area contributed by atoms with Crippen LogP contribution in [0, 0.1) is 11.3 Å². The second-order valence-corrected chi connectivity index (χ2v) is 5.25. The Balaban J connectivity index is 2.06. The number of anilines is 1. The number of hydrogen-bond donors (Lipinski definition) is 2. The SMILES string of the molecule is CCOC(=O)c1ccccc1N/C=C(\C#N)C(=O)NCc1ccccc1. The lowest BCUT2D eigenvalue weighted by molar-refractivity contribution is -0.117. The number of benzene rings is 2. The monoisotopic (exact) mass is 349 g/mol. The first-order valence-corrected chi connectivity index (χ1v) is 8.10. The quantitative estimate of drug-likeness (QED) is 0.455. The molecular formula is C20H19N3O3. The summed E-state index contributed by atoms with van der Waals surface area (Å²) in [6.45, 7) is 2.30. The van der Waals surface area contributed by atoms with Gasteiger partial charge in [-0.05, 0) is 24.6 Å². The molecule has 0 atom stereocenters. The van der Waals surface area contributed by atoms with E-state index in [9.17, 15) is 14.9 Å². The molecule has 26 heavy (non-hydrogen) atoms. The van der Waals surface area contributed by atoms with Gasteiger partial charge in [0.2, 0.25) is 0 Å². The van der Waals surface area contributed by atoms with Crippen molar-refractivity contribution in [1.29, 1.82) is 5.26 Å². The van der Waals surface area contributed by atoms with Crippen LogP contribution in [-0.2, 0) is 16.1 Å². The zero-order chi connectivity index (χ0) is 18.8. The van der Waals surface area contributed by atoms with Crippen LogP contribution in [-0.4, -0.2) is 18.5 Å². The Bertz CT molecular complexity index is 839. The number of nitrogens with zero attached hydrogens (tertiary/aromatic N) is 1. The van der Waals surface area contributed by atoms with E-state index in [1.165, 1.54) is 6.20 Å². The number of esters is 1. The van der Waals surface area contributed by atoms with Gasteiger partial charge in [0, 0.05) is 12.7 Å². The van der Waals surface area contributed by atoms with Gasteiger partial charge in [-0.1, -0.05) is 42.5 Å². The summed E-state index contributed by atoms with van der Waals surface area (Å²) >= 11 is 0. The molecule has 0 heterocycles. The first kappa shape index (κ1) is 18.7. The molecule has 6 nitrogen and oxygen atoms in total. The van der Waals surface area contributed by atoms with Crippen molar-refractivity contribution in [3.8, 4) is 6.07 Å². The number of ether oxygens (including phenoxy) is 1. The summed E-state index contributed by atoms with van der Waals surface area (Å²) in [5, 5.41) is 14.7. The molecule has 2 aromatic carbocycles. The smallest absolute Gasteiger partial charge is 0.340 e. The van der Waals surface area contributed by atoms with Crippen LogP contribution in [0.2, 0.25) is 0 Å². The summed E-state index contributed by atoms with van der Waals surface area (Å²) in [6.07, 6.45) is 1.28. The summed E-state index contributed by atoms with van der Waals surface area (Å²) < 4.78 is 4.99. The van der Waals surface area contributed by atoms with Crippen LogP contribution in [0.25, 0.3) is 0 Å². The summed E-state index contributed by atoms with van der Waals surface area (Å²) in [4.78, 5) is 24.1.